The zero-order chi connectivity index (χ0) is 15.4. The van der Waals surface area contributed by atoms with Crippen LogP contribution in [0.5, 0.6) is 5.75 Å². The highest BCUT2D eigenvalue weighted by molar-refractivity contribution is 5.81. The molecule has 4 nitrogen and oxygen atoms in total. The Labute approximate surface area is 125 Å². The second-order valence-electron chi connectivity index (χ2n) is 5.71. The van der Waals surface area contributed by atoms with Gasteiger partial charge in [-0.15, -0.1) is 0 Å². The number of fused-ring (bicyclic) bond motifs is 1. The molecule has 0 radical (unpaired) electrons. The summed E-state index contributed by atoms with van der Waals surface area (Å²) in [5.41, 5.74) is 2.84. The van der Waals surface area contributed by atoms with Crippen LogP contribution in [0.3, 0.4) is 0 Å². The van der Waals surface area contributed by atoms with Crippen LogP contribution in [0.15, 0.2) is 23.0 Å². The highest BCUT2D eigenvalue weighted by Crippen LogP contribution is 2.17. The van der Waals surface area contributed by atoms with E-state index in [1.54, 1.807) is 7.11 Å². The maximum Gasteiger partial charge on any atom is 0.198 e. The highest BCUT2D eigenvalue weighted by Gasteiger charge is 2.14. The molecule has 1 unspecified atom stereocenters. The molecule has 1 atom stereocenters. The number of hydrogen-bond donors (Lipinski definition) is 2. The van der Waals surface area contributed by atoms with Gasteiger partial charge < -0.3 is 14.6 Å². The first-order valence-corrected chi connectivity index (χ1v) is 7.57. The minimum atomic E-state index is 0.121. The van der Waals surface area contributed by atoms with Crippen molar-refractivity contribution in [1.82, 2.24) is 4.98 Å². The molecule has 0 saturated heterocycles. The van der Waals surface area contributed by atoms with Gasteiger partial charge in [-0.2, -0.15) is 0 Å². The van der Waals surface area contributed by atoms with Crippen molar-refractivity contribution in [2.24, 2.45) is 0 Å². The molecule has 4 heteroatoms. The molecule has 1 aromatic carbocycles. The Kier molecular flexibility index (Phi) is 5.02. The fourth-order valence-corrected chi connectivity index (χ4v) is 2.64. The van der Waals surface area contributed by atoms with Crippen LogP contribution < -0.4 is 15.1 Å². The van der Waals surface area contributed by atoms with Gasteiger partial charge in [-0.3, -0.25) is 4.79 Å². The van der Waals surface area contributed by atoms with Gasteiger partial charge in [0.1, 0.15) is 12.3 Å². The SMILES string of the molecule is CCCC[NH+](C)Cc1c(C)[nH]c2ccc(OC)cc2c1=O. The second kappa shape index (κ2) is 6.76. The number of aromatic nitrogens is 1. The number of benzene rings is 1. The maximum atomic E-state index is 12.7. The number of nitrogens with one attached hydrogen (secondary N) is 2. The molecule has 2 N–H and O–H groups in total. The molecule has 0 aliphatic heterocycles. The lowest BCUT2D eigenvalue weighted by atomic mass is 10.1. The molecule has 114 valence electrons. The third-order valence-corrected chi connectivity index (χ3v) is 3.96. The Morgan fingerprint density at radius 3 is 2.76 bits per heavy atom. The molecule has 1 heterocycles. The Balaban J connectivity index is 2.41. The third-order valence-electron chi connectivity index (χ3n) is 3.96. The summed E-state index contributed by atoms with van der Waals surface area (Å²) in [5.74, 6) is 0.717. The number of rotatable bonds is 6. The second-order valence-corrected chi connectivity index (χ2v) is 5.71. The molecule has 2 rings (SSSR count). The first-order chi connectivity index (χ1) is 10.1. The molecule has 0 spiro atoms. The van der Waals surface area contributed by atoms with E-state index in [0.717, 1.165) is 35.6 Å². The van der Waals surface area contributed by atoms with E-state index < -0.39 is 0 Å². The van der Waals surface area contributed by atoms with E-state index in [2.05, 4.69) is 19.0 Å². The number of aryl methyl sites for hydroxylation is 1. The van der Waals surface area contributed by atoms with Gasteiger partial charge in [0.15, 0.2) is 5.43 Å². The van der Waals surface area contributed by atoms with E-state index in [9.17, 15) is 4.79 Å². The first kappa shape index (κ1) is 15.6. The molecule has 1 aromatic heterocycles. The van der Waals surface area contributed by atoms with Gasteiger partial charge in [-0.1, -0.05) is 13.3 Å². The first-order valence-electron chi connectivity index (χ1n) is 7.57. The van der Waals surface area contributed by atoms with E-state index in [1.807, 2.05) is 25.1 Å². The van der Waals surface area contributed by atoms with Crippen molar-refractivity contribution >= 4 is 10.9 Å². The number of hydrogen-bond acceptors (Lipinski definition) is 2. The molecular weight excluding hydrogens is 264 g/mol. The number of pyridine rings is 1. The van der Waals surface area contributed by atoms with Crippen molar-refractivity contribution in [3.8, 4) is 5.75 Å². The maximum absolute atomic E-state index is 12.7. The molecule has 0 saturated carbocycles. The minimum Gasteiger partial charge on any atom is -0.497 e. The number of ether oxygens (including phenoxy) is 1. The van der Waals surface area contributed by atoms with Gasteiger partial charge in [0.05, 0.1) is 26.3 Å². The van der Waals surface area contributed by atoms with Crippen molar-refractivity contribution in [1.29, 1.82) is 0 Å². The van der Waals surface area contributed by atoms with Crippen LogP contribution in [0.2, 0.25) is 0 Å². The van der Waals surface area contributed by atoms with Gasteiger partial charge in [0, 0.05) is 16.6 Å². The number of methoxy groups -OCH3 is 1. The lowest BCUT2D eigenvalue weighted by molar-refractivity contribution is -0.894. The summed E-state index contributed by atoms with van der Waals surface area (Å²) in [5, 5.41) is 0.707. The summed E-state index contributed by atoms with van der Waals surface area (Å²) in [6.45, 7) is 6.01. The molecule has 0 amide bonds. The molecule has 0 bridgehead atoms. The Morgan fingerprint density at radius 1 is 1.33 bits per heavy atom. The summed E-state index contributed by atoms with van der Waals surface area (Å²) in [6, 6.07) is 5.59. The number of quaternary nitrogens is 1. The molecule has 21 heavy (non-hydrogen) atoms. The monoisotopic (exact) mass is 289 g/mol. The molecule has 0 aliphatic rings. The summed E-state index contributed by atoms with van der Waals surface area (Å²) >= 11 is 0. The summed E-state index contributed by atoms with van der Waals surface area (Å²) in [6.07, 6.45) is 2.37. The predicted octanol–water partition coefficient (Wildman–Crippen LogP) is 1.66. The highest BCUT2D eigenvalue weighted by atomic mass is 16.5. The predicted molar refractivity (Wildman–Crippen MR) is 86.2 cm³/mol. The zero-order valence-corrected chi connectivity index (χ0v) is 13.4. The summed E-state index contributed by atoms with van der Waals surface area (Å²) in [7, 11) is 3.76. The van der Waals surface area contributed by atoms with Gasteiger partial charge in [-0.05, 0) is 31.5 Å². The van der Waals surface area contributed by atoms with E-state index in [-0.39, 0.29) is 5.43 Å². The van der Waals surface area contributed by atoms with Gasteiger partial charge >= 0.3 is 0 Å². The van der Waals surface area contributed by atoms with Crippen LogP contribution >= 0.6 is 0 Å². The number of aromatic amines is 1. The van der Waals surface area contributed by atoms with Crippen molar-refractivity contribution in [3.63, 3.8) is 0 Å². The summed E-state index contributed by atoms with van der Waals surface area (Å²) in [4.78, 5) is 17.4. The fourth-order valence-electron chi connectivity index (χ4n) is 2.64. The topological polar surface area (TPSA) is 46.5 Å². The van der Waals surface area contributed by atoms with Crippen molar-refractivity contribution in [2.75, 3.05) is 20.7 Å². The van der Waals surface area contributed by atoms with Crippen molar-refractivity contribution < 1.29 is 9.64 Å². The molecule has 0 fully saturated rings. The quantitative estimate of drug-likeness (QED) is 0.849. The van der Waals surface area contributed by atoms with Crippen LogP contribution in [-0.4, -0.2) is 25.7 Å². The van der Waals surface area contributed by atoms with Crippen LogP contribution in [0, 0.1) is 6.92 Å². The van der Waals surface area contributed by atoms with Gasteiger partial charge in [0.2, 0.25) is 0 Å². The third kappa shape index (κ3) is 3.45. The van der Waals surface area contributed by atoms with Crippen LogP contribution in [0.4, 0.5) is 0 Å². The fraction of sp³-hybridized carbons (Fsp3) is 0.471. The standard InChI is InChI=1S/C17H24N2O2/c1-5-6-9-19(3)11-15-12(2)18-16-8-7-13(21-4)10-14(16)17(15)20/h7-8,10H,5-6,9,11H2,1-4H3,(H,18,20)/p+1. The lowest BCUT2D eigenvalue weighted by Gasteiger charge is -2.15. The largest absolute Gasteiger partial charge is 0.497 e. The van der Waals surface area contributed by atoms with E-state index in [4.69, 9.17) is 4.74 Å². The average Bonchev–Trinajstić information content (AvgIpc) is 2.49. The number of H-pyrrole nitrogens is 1. The number of unbranched alkanes of at least 4 members (excludes halogenated alkanes) is 1. The van der Waals surface area contributed by atoms with E-state index >= 15 is 0 Å². The van der Waals surface area contributed by atoms with Crippen LogP contribution in [0.1, 0.15) is 31.0 Å². The van der Waals surface area contributed by atoms with Gasteiger partial charge in [-0.25, -0.2) is 0 Å². The summed E-state index contributed by atoms with van der Waals surface area (Å²) < 4.78 is 5.22. The lowest BCUT2D eigenvalue weighted by Crippen LogP contribution is -3.07. The van der Waals surface area contributed by atoms with Gasteiger partial charge in [0.25, 0.3) is 0 Å². The average molecular weight is 289 g/mol. The molecule has 2 aromatic rings. The van der Waals surface area contributed by atoms with Crippen LogP contribution in [-0.2, 0) is 6.54 Å². The Bertz CT molecular complexity index is 676. The van der Waals surface area contributed by atoms with Crippen molar-refractivity contribution in [2.45, 2.75) is 33.2 Å². The van der Waals surface area contributed by atoms with E-state index in [0.29, 0.717) is 5.39 Å². The Hall–Kier alpha value is -1.81. The minimum absolute atomic E-state index is 0.121. The van der Waals surface area contributed by atoms with Crippen molar-refractivity contribution in [3.05, 3.63) is 39.7 Å². The smallest absolute Gasteiger partial charge is 0.198 e. The normalized spacial score (nSPS) is 12.6. The van der Waals surface area contributed by atoms with E-state index in [1.165, 1.54) is 17.7 Å². The Morgan fingerprint density at radius 2 is 2.10 bits per heavy atom. The molecular formula is C17H25N2O2+. The molecule has 0 aliphatic carbocycles. The zero-order valence-electron chi connectivity index (χ0n) is 13.4. The van der Waals surface area contributed by atoms with Crippen LogP contribution in [0.25, 0.3) is 10.9 Å².